The van der Waals surface area contributed by atoms with Gasteiger partial charge in [0.1, 0.15) is 0 Å². The molecule has 31 heavy (non-hydrogen) atoms. The zero-order chi connectivity index (χ0) is 22.6. The largest absolute Gasteiger partial charge is 0.255 e. The highest BCUT2D eigenvalue weighted by atomic mass is 35.5. The quantitative estimate of drug-likeness (QED) is 0.374. The van der Waals surface area contributed by atoms with E-state index < -0.39 is 9.84 Å². The number of aryl methyl sites for hydroxylation is 3. The molecule has 3 aromatic carbocycles. The molecule has 0 saturated heterocycles. The van der Waals surface area contributed by atoms with Crippen LogP contribution < -0.4 is 0 Å². The van der Waals surface area contributed by atoms with E-state index in [9.17, 15) is 8.42 Å². The summed E-state index contributed by atoms with van der Waals surface area (Å²) in [6.07, 6.45) is 2.30. The zero-order valence-corrected chi connectivity index (χ0v) is 19.8. The normalized spacial score (nSPS) is 12.8. The molecule has 0 aromatic heterocycles. The van der Waals surface area contributed by atoms with Crippen LogP contribution in [0.25, 0.3) is 5.57 Å². The van der Waals surface area contributed by atoms with Crippen molar-refractivity contribution < 1.29 is 8.42 Å². The molecule has 0 amide bonds. The lowest BCUT2D eigenvalue weighted by atomic mass is 10.1. The van der Waals surface area contributed by atoms with Crippen LogP contribution in [0.2, 0.25) is 5.02 Å². The molecule has 0 N–H and O–H groups in total. The van der Waals surface area contributed by atoms with Crippen LogP contribution in [0.15, 0.2) is 81.5 Å². The van der Waals surface area contributed by atoms with Crippen LogP contribution in [0.5, 0.6) is 0 Å². The fourth-order valence-electron chi connectivity index (χ4n) is 3.24. The molecule has 0 unspecified atom stereocenters. The molecule has 0 spiro atoms. The summed E-state index contributed by atoms with van der Waals surface area (Å²) >= 11 is 6.04. The first-order chi connectivity index (χ1) is 14.7. The van der Waals surface area contributed by atoms with Gasteiger partial charge < -0.3 is 0 Å². The van der Waals surface area contributed by atoms with Crippen LogP contribution in [0.4, 0.5) is 5.69 Å². The molecule has 160 valence electrons. The summed E-state index contributed by atoms with van der Waals surface area (Å²) in [6, 6.07) is 20.2. The van der Waals surface area contributed by atoms with Gasteiger partial charge in [0.15, 0.2) is 0 Å². The predicted octanol–water partition coefficient (Wildman–Crippen LogP) is 7.13. The Morgan fingerprint density at radius 3 is 2.19 bits per heavy atom. The van der Waals surface area contributed by atoms with E-state index in [4.69, 9.17) is 11.6 Å². The minimum Gasteiger partial charge on any atom is -0.255 e. The SMILES string of the molecule is CCc1ccc(S(=O)(=O)/C(C=Nc2ccc(Cl)cc2C)=C(/C)c2ccc(C)cc2)cc1. The van der Waals surface area contributed by atoms with Gasteiger partial charge in [-0.25, -0.2) is 8.42 Å². The van der Waals surface area contributed by atoms with Gasteiger partial charge in [-0.1, -0.05) is 60.5 Å². The molecule has 0 aliphatic rings. The van der Waals surface area contributed by atoms with Crippen molar-refractivity contribution in [2.24, 2.45) is 4.99 Å². The van der Waals surface area contributed by atoms with Gasteiger partial charge in [-0.2, -0.15) is 0 Å². The summed E-state index contributed by atoms with van der Waals surface area (Å²) in [5, 5.41) is 0.617. The maximum absolute atomic E-state index is 13.6. The average Bonchev–Trinajstić information content (AvgIpc) is 2.75. The summed E-state index contributed by atoms with van der Waals surface area (Å²) in [5.41, 5.74) is 5.24. The Labute approximate surface area is 190 Å². The Balaban J connectivity index is 2.16. The van der Waals surface area contributed by atoms with Crippen LogP contribution in [-0.4, -0.2) is 14.6 Å². The van der Waals surface area contributed by atoms with E-state index in [1.54, 1.807) is 24.3 Å². The molecule has 0 aliphatic heterocycles. The molecule has 0 fully saturated rings. The van der Waals surface area contributed by atoms with Gasteiger partial charge in [0.05, 0.1) is 15.5 Å². The zero-order valence-electron chi connectivity index (χ0n) is 18.2. The van der Waals surface area contributed by atoms with Crippen molar-refractivity contribution in [2.75, 3.05) is 0 Å². The van der Waals surface area contributed by atoms with E-state index in [1.165, 1.54) is 6.21 Å². The minimum absolute atomic E-state index is 0.176. The highest BCUT2D eigenvalue weighted by molar-refractivity contribution is 7.96. The Morgan fingerprint density at radius 2 is 1.61 bits per heavy atom. The van der Waals surface area contributed by atoms with Crippen molar-refractivity contribution in [1.29, 1.82) is 0 Å². The maximum atomic E-state index is 13.6. The second-order valence-corrected chi connectivity index (χ2v) is 9.90. The van der Waals surface area contributed by atoms with E-state index in [2.05, 4.69) is 4.99 Å². The molecule has 0 aliphatic carbocycles. The molecular formula is C26H26ClNO2S. The fraction of sp³-hybridized carbons (Fsp3) is 0.192. The third-order valence-corrected chi connectivity index (χ3v) is 7.38. The third-order valence-electron chi connectivity index (χ3n) is 5.27. The van der Waals surface area contributed by atoms with Crippen molar-refractivity contribution in [3.05, 3.63) is 98.9 Å². The predicted molar refractivity (Wildman–Crippen MR) is 131 cm³/mol. The highest BCUT2D eigenvalue weighted by Gasteiger charge is 2.22. The van der Waals surface area contributed by atoms with Gasteiger partial charge in [0.2, 0.25) is 9.84 Å². The first-order valence-electron chi connectivity index (χ1n) is 10.1. The standard InChI is InChI=1S/C26H26ClNO2S/c1-5-21-8-13-24(14-9-21)31(29,30)26(20(4)22-10-6-18(2)7-11-22)17-28-25-15-12-23(27)16-19(25)3/h6-17H,5H2,1-4H3/b26-20-,28-17?. The summed E-state index contributed by atoms with van der Waals surface area (Å²) in [4.78, 5) is 4.95. The van der Waals surface area contributed by atoms with Gasteiger partial charge >= 0.3 is 0 Å². The number of hydrogen-bond acceptors (Lipinski definition) is 3. The number of sulfone groups is 1. The smallest absolute Gasteiger partial charge is 0.208 e. The van der Waals surface area contributed by atoms with Gasteiger partial charge in [0, 0.05) is 11.2 Å². The van der Waals surface area contributed by atoms with Crippen molar-refractivity contribution in [3.8, 4) is 0 Å². The second-order valence-electron chi connectivity index (χ2n) is 7.55. The van der Waals surface area contributed by atoms with Crippen LogP contribution in [-0.2, 0) is 16.3 Å². The molecule has 3 nitrogen and oxygen atoms in total. The van der Waals surface area contributed by atoms with Gasteiger partial charge in [-0.3, -0.25) is 4.99 Å². The van der Waals surface area contributed by atoms with E-state index >= 15 is 0 Å². The number of benzene rings is 3. The van der Waals surface area contributed by atoms with Crippen molar-refractivity contribution >= 4 is 38.9 Å². The second kappa shape index (κ2) is 9.63. The number of nitrogens with zero attached hydrogens (tertiary/aromatic N) is 1. The number of rotatable bonds is 6. The molecule has 3 rings (SSSR count). The summed E-state index contributed by atoms with van der Waals surface area (Å²) in [6.45, 7) is 7.75. The summed E-state index contributed by atoms with van der Waals surface area (Å²) in [7, 11) is -3.77. The van der Waals surface area contributed by atoms with E-state index in [0.29, 0.717) is 16.3 Å². The van der Waals surface area contributed by atoms with Crippen LogP contribution in [0.3, 0.4) is 0 Å². The Morgan fingerprint density at radius 1 is 0.968 bits per heavy atom. The Bertz CT molecular complexity index is 1240. The molecule has 3 aromatic rings. The van der Waals surface area contributed by atoms with Crippen LogP contribution >= 0.6 is 11.6 Å². The molecule has 0 atom stereocenters. The summed E-state index contributed by atoms with van der Waals surface area (Å²) in [5.74, 6) is 0. The molecule has 5 heteroatoms. The first kappa shape index (κ1) is 23.0. The maximum Gasteiger partial charge on any atom is 0.208 e. The average molecular weight is 452 g/mol. The van der Waals surface area contributed by atoms with E-state index in [-0.39, 0.29) is 9.80 Å². The monoisotopic (exact) mass is 451 g/mol. The van der Waals surface area contributed by atoms with Crippen LogP contribution in [0, 0.1) is 13.8 Å². The number of hydrogen-bond donors (Lipinski definition) is 0. The minimum atomic E-state index is -3.77. The molecule has 0 heterocycles. The highest BCUT2D eigenvalue weighted by Crippen LogP contribution is 2.29. The Kier molecular flexibility index (Phi) is 7.14. The molecule has 0 radical (unpaired) electrons. The van der Waals surface area contributed by atoms with Crippen LogP contribution in [0.1, 0.15) is 36.1 Å². The Hall–Kier alpha value is -2.69. The number of halogens is 1. The molecule has 0 saturated carbocycles. The van der Waals surface area contributed by atoms with Crippen molar-refractivity contribution in [3.63, 3.8) is 0 Å². The van der Waals surface area contributed by atoms with Gasteiger partial charge in [0.25, 0.3) is 0 Å². The number of aliphatic imine (C=N–C) groups is 1. The topological polar surface area (TPSA) is 46.5 Å². The first-order valence-corrected chi connectivity index (χ1v) is 12.0. The molecule has 0 bridgehead atoms. The van der Waals surface area contributed by atoms with Gasteiger partial charge in [-0.05, 0) is 79.8 Å². The lowest BCUT2D eigenvalue weighted by molar-refractivity contribution is 0.603. The lowest BCUT2D eigenvalue weighted by Crippen LogP contribution is -2.08. The summed E-state index contributed by atoms with van der Waals surface area (Å²) < 4.78 is 27.2. The number of allylic oxidation sites excluding steroid dienone is 2. The third kappa shape index (κ3) is 5.33. The van der Waals surface area contributed by atoms with Gasteiger partial charge in [-0.15, -0.1) is 0 Å². The van der Waals surface area contributed by atoms with Crippen molar-refractivity contribution in [2.45, 2.75) is 39.0 Å². The molecular weight excluding hydrogens is 426 g/mol. The fourth-order valence-corrected chi connectivity index (χ4v) is 4.92. The van der Waals surface area contributed by atoms with E-state index in [1.807, 2.05) is 70.2 Å². The lowest BCUT2D eigenvalue weighted by Gasteiger charge is -2.12. The van der Waals surface area contributed by atoms with Crippen molar-refractivity contribution in [1.82, 2.24) is 0 Å². The van der Waals surface area contributed by atoms with E-state index in [0.717, 1.165) is 28.7 Å².